The summed E-state index contributed by atoms with van der Waals surface area (Å²) in [6, 6.07) is 25.3. The van der Waals surface area contributed by atoms with Gasteiger partial charge in [0.2, 0.25) is 0 Å². The van der Waals surface area contributed by atoms with Crippen molar-refractivity contribution in [3.8, 4) is 0 Å². The highest BCUT2D eigenvalue weighted by Gasteiger charge is 2.32. The summed E-state index contributed by atoms with van der Waals surface area (Å²) in [5.74, 6) is 0. The quantitative estimate of drug-likeness (QED) is 0.125. The highest BCUT2D eigenvalue weighted by Crippen LogP contribution is 2.29. The minimum absolute atomic E-state index is 0.330. The van der Waals surface area contributed by atoms with Crippen molar-refractivity contribution < 1.29 is 40.4 Å². The third-order valence-corrected chi connectivity index (χ3v) is 7.83. The molecule has 0 aliphatic heterocycles. The largest absolute Gasteiger partial charge is 0.426 e. The van der Waals surface area contributed by atoms with Crippen LogP contribution in [0.25, 0.3) is 0 Å². The molecule has 0 aliphatic rings. The Labute approximate surface area is 285 Å². The fourth-order valence-corrected chi connectivity index (χ4v) is 5.03. The molecule has 0 radical (unpaired) electrons. The van der Waals surface area contributed by atoms with Gasteiger partial charge < -0.3 is 23.8 Å². The number of nitrogens with zero attached hydrogens (tertiary/aromatic N) is 2. The van der Waals surface area contributed by atoms with Crippen LogP contribution in [-0.2, 0) is 39.6 Å². The molecule has 260 valence electrons. The van der Waals surface area contributed by atoms with Crippen LogP contribution in [0.1, 0.15) is 22.3 Å². The Hall–Kier alpha value is -3.61. The Morgan fingerprint density at radius 1 is 0.469 bits per heavy atom. The van der Waals surface area contributed by atoms with E-state index in [1.54, 1.807) is 0 Å². The van der Waals surface area contributed by atoms with E-state index in [4.69, 9.17) is 14.0 Å². The van der Waals surface area contributed by atoms with Gasteiger partial charge in [0.25, 0.3) is 0 Å². The van der Waals surface area contributed by atoms with Gasteiger partial charge in [0.15, 0.2) is 0 Å². The molecular formula is C36H40B2F6N2O3. The zero-order valence-electron chi connectivity index (χ0n) is 28.0. The summed E-state index contributed by atoms with van der Waals surface area (Å²) in [5, 5.41) is 0. The molecule has 0 heterocycles. The van der Waals surface area contributed by atoms with E-state index >= 15 is 0 Å². The highest BCUT2D eigenvalue weighted by molar-refractivity contribution is 6.80. The lowest BCUT2D eigenvalue weighted by Crippen LogP contribution is -2.46. The maximum atomic E-state index is 13.1. The first-order valence-corrected chi connectivity index (χ1v) is 15.8. The van der Waals surface area contributed by atoms with Crippen molar-refractivity contribution in [1.29, 1.82) is 0 Å². The fourth-order valence-electron chi connectivity index (χ4n) is 5.03. The Morgan fingerprint density at radius 2 is 0.755 bits per heavy atom. The van der Waals surface area contributed by atoms with Gasteiger partial charge in [0.05, 0.1) is 24.3 Å². The van der Waals surface area contributed by atoms with Crippen LogP contribution in [0.5, 0.6) is 0 Å². The molecule has 0 saturated carbocycles. The normalized spacial score (nSPS) is 12.2. The summed E-state index contributed by atoms with van der Waals surface area (Å²) in [5.41, 5.74) is 3.29. The second-order valence-corrected chi connectivity index (χ2v) is 12.3. The first kappa shape index (κ1) is 38.2. The van der Waals surface area contributed by atoms with Crippen LogP contribution in [0.2, 0.25) is 0 Å². The number of halogens is 6. The minimum Gasteiger partial charge on any atom is -0.426 e. The number of hydrogen-bond donors (Lipinski definition) is 0. The molecule has 5 nitrogen and oxygen atoms in total. The van der Waals surface area contributed by atoms with Crippen LogP contribution in [-0.4, -0.2) is 78.1 Å². The molecule has 4 aromatic carbocycles. The molecule has 0 aliphatic carbocycles. The second-order valence-electron chi connectivity index (χ2n) is 12.3. The maximum absolute atomic E-state index is 13.1. The number of likely N-dealkylation sites (N-methyl/N-ethyl adjacent to an activating group) is 2. The third kappa shape index (κ3) is 11.8. The number of benzene rings is 4. The highest BCUT2D eigenvalue weighted by atomic mass is 19.4. The molecule has 0 aromatic heterocycles. The van der Waals surface area contributed by atoms with Crippen LogP contribution in [0.15, 0.2) is 97.1 Å². The van der Waals surface area contributed by atoms with Gasteiger partial charge in [0, 0.05) is 26.3 Å². The number of hydrogen-bond acceptors (Lipinski definition) is 5. The van der Waals surface area contributed by atoms with Gasteiger partial charge in [-0.3, -0.25) is 0 Å². The number of alkyl halides is 6. The van der Waals surface area contributed by atoms with Gasteiger partial charge in [-0.05, 0) is 61.2 Å². The Bertz CT molecular complexity index is 1450. The van der Waals surface area contributed by atoms with Gasteiger partial charge in [0.1, 0.15) is 0 Å². The summed E-state index contributed by atoms with van der Waals surface area (Å²) in [4.78, 5) is 3.94. The Morgan fingerprint density at radius 3 is 1.02 bits per heavy atom. The summed E-state index contributed by atoms with van der Waals surface area (Å²) >= 11 is 0. The molecule has 0 bridgehead atoms. The van der Waals surface area contributed by atoms with Crippen LogP contribution in [0, 0.1) is 0 Å². The van der Waals surface area contributed by atoms with Gasteiger partial charge in [-0.1, -0.05) is 97.1 Å². The van der Waals surface area contributed by atoms with Crippen molar-refractivity contribution >= 4 is 35.7 Å². The van der Waals surface area contributed by atoms with E-state index in [2.05, 4.69) is 0 Å². The molecule has 4 aromatic rings. The van der Waals surface area contributed by atoms with Crippen molar-refractivity contribution in [2.24, 2.45) is 0 Å². The topological polar surface area (TPSA) is 34.2 Å². The summed E-state index contributed by atoms with van der Waals surface area (Å²) in [6.45, 7) is 1.70. The molecule has 0 spiro atoms. The summed E-state index contributed by atoms with van der Waals surface area (Å²) < 4.78 is 97.0. The van der Waals surface area contributed by atoms with Gasteiger partial charge >= 0.3 is 26.2 Å². The van der Waals surface area contributed by atoms with Crippen LogP contribution in [0.3, 0.4) is 0 Å². The second kappa shape index (κ2) is 17.4. The molecule has 0 saturated heterocycles. The molecule has 0 atom stereocenters. The molecule has 0 fully saturated rings. The van der Waals surface area contributed by atoms with E-state index in [9.17, 15) is 26.3 Å². The van der Waals surface area contributed by atoms with E-state index in [-0.39, 0.29) is 0 Å². The number of ether oxygens (including phenoxy) is 1. The van der Waals surface area contributed by atoms with Crippen molar-refractivity contribution in [2.45, 2.75) is 25.6 Å². The van der Waals surface area contributed by atoms with E-state index in [1.807, 2.05) is 86.5 Å². The summed E-state index contributed by atoms with van der Waals surface area (Å²) in [6.07, 6.45) is -8.83. The van der Waals surface area contributed by atoms with Crippen molar-refractivity contribution in [2.75, 3.05) is 54.5 Å². The van der Waals surface area contributed by atoms with E-state index in [0.29, 0.717) is 50.4 Å². The van der Waals surface area contributed by atoms with E-state index in [1.165, 1.54) is 24.3 Å². The molecular weight excluding hydrogens is 644 g/mol. The number of rotatable bonds is 16. The molecule has 0 amide bonds. The first-order valence-electron chi connectivity index (χ1n) is 15.8. The third-order valence-electron chi connectivity index (χ3n) is 7.83. The predicted octanol–water partition coefficient (Wildman–Crippen LogP) is 4.81. The van der Waals surface area contributed by atoms with Crippen molar-refractivity contribution in [1.82, 2.24) is 9.80 Å². The van der Waals surface area contributed by atoms with Crippen LogP contribution >= 0.6 is 0 Å². The van der Waals surface area contributed by atoms with Crippen LogP contribution in [0.4, 0.5) is 26.3 Å². The standard InChI is InChI=1S/C36H40B2F6N2O3/c1-45(2)21-23-48-37(33-17-9-29(10-18-33)35(39,40)41)31-13-5-27(6-14-31)25-47-26-28-7-15-32(16-8-28)38(49-24-22-46(3)4)34-19-11-30(12-20-34)36(42,43)44/h5-20H,21-26H2,1-4H3. The predicted molar refractivity (Wildman–Crippen MR) is 183 cm³/mol. The zero-order chi connectivity index (χ0) is 35.6. The molecule has 49 heavy (non-hydrogen) atoms. The minimum atomic E-state index is -4.42. The molecule has 0 unspecified atom stereocenters. The molecule has 0 N–H and O–H groups in total. The lowest BCUT2D eigenvalue weighted by molar-refractivity contribution is -0.138. The van der Waals surface area contributed by atoms with Gasteiger partial charge in [-0.15, -0.1) is 0 Å². The van der Waals surface area contributed by atoms with E-state index in [0.717, 1.165) is 46.3 Å². The van der Waals surface area contributed by atoms with Crippen molar-refractivity contribution in [3.05, 3.63) is 119 Å². The average molecular weight is 684 g/mol. The van der Waals surface area contributed by atoms with E-state index < -0.39 is 37.3 Å². The first-order chi connectivity index (χ1) is 23.2. The lowest BCUT2D eigenvalue weighted by Gasteiger charge is -2.18. The van der Waals surface area contributed by atoms with Crippen LogP contribution < -0.4 is 21.9 Å². The Kier molecular flexibility index (Phi) is 13.5. The average Bonchev–Trinajstić information content (AvgIpc) is 3.05. The maximum Gasteiger partial charge on any atom is 0.416 e. The molecule has 4 rings (SSSR count). The Balaban J connectivity index is 1.39. The smallest absolute Gasteiger partial charge is 0.416 e. The fraction of sp³-hybridized carbons (Fsp3) is 0.333. The van der Waals surface area contributed by atoms with Gasteiger partial charge in [-0.25, -0.2) is 0 Å². The monoisotopic (exact) mass is 684 g/mol. The van der Waals surface area contributed by atoms with Crippen molar-refractivity contribution in [3.63, 3.8) is 0 Å². The zero-order valence-corrected chi connectivity index (χ0v) is 28.0. The SMILES string of the molecule is CN(C)CCOB(c1ccc(COCc2ccc(B(OCCN(C)C)c3ccc(C(F)(F)F)cc3)cc2)cc1)c1ccc(C(F)(F)F)cc1. The summed E-state index contributed by atoms with van der Waals surface area (Å²) in [7, 11) is 7.67. The molecule has 13 heteroatoms. The van der Waals surface area contributed by atoms with Gasteiger partial charge in [-0.2, -0.15) is 26.3 Å². The lowest BCUT2D eigenvalue weighted by atomic mass is 9.55.